The third kappa shape index (κ3) is 1.04. The molecule has 1 aliphatic rings. The molecule has 0 aromatic heterocycles. The van der Waals surface area contributed by atoms with Crippen molar-refractivity contribution in [1.29, 1.82) is 0 Å². The van der Waals surface area contributed by atoms with Crippen LogP contribution in [0.25, 0.3) is 0 Å². The molecule has 0 bridgehead atoms. The number of hydrogen-bond donors (Lipinski definition) is 0. The third-order valence-electron chi connectivity index (χ3n) is 1.91. The van der Waals surface area contributed by atoms with Crippen LogP contribution in [-0.4, -0.2) is 0 Å². The van der Waals surface area contributed by atoms with Crippen LogP contribution in [0.15, 0.2) is 0 Å². The van der Waals surface area contributed by atoms with Gasteiger partial charge in [-0.05, 0) is 12.3 Å². The molecular weight excluding hydrogens is 96.1 g/mol. The summed E-state index contributed by atoms with van der Waals surface area (Å²) in [6.07, 6.45) is 2.42. The van der Waals surface area contributed by atoms with Gasteiger partial charge < -0.3 is 0 Å². The first-order chi connectivity index (χ1) is 3.80. The van der Waals surface area contributed by atoms with Gasteiger partial charge in [-0.2, -0.15) is 0 Å². The molecule has 0 amide bonds. The lowest BCUT2D eigenvalue weighted by molar-refractivity contribution is 0.434. The molecule has 0 N–H and O–H groups in total. The van der Waals surface area contributed by atoms with Crippen LogP contribution < -0.4 is 0 Å². The summed E-state index contributed by atoms with van der Waals surface area (Å²) in [5.74, 6) is 7.77. The molecular formula is C8H12. The average Bonchev–Trinajstić information content (AvgIpc) is 1.77. The van der Waals surface area contributed by atoms with Gasteiger partial charge in [0.25, 0.3) is 0 Å². The highest BCUT2D eigenvalue weighted by Crippen LogP contribution is 2.18. The van der Waals surface area contributed by atoms with E-state index in [1.54, 1.807) is 0 Å². The Labute approximate surface area is 51.3 Å². The van der Waals surface area contributed by atoms with Crippen molar-refractivity contribution in [3.05, 3.63) is 0 Å². The standard InChI is InChI=1S/C8H12/c1-7-5-3-4-6-8(7)2/h7-8H,3,5H2,1-2H3. The summed E-state index contributed by atoms with van der Waals surface area (Å²) in [6, 6.07) is 0. The van der Waals surface area contributed by atoms with Crippen LogP contribution in [0, 0.1) is 23.7 Å². The summed E-state index contributed by atoms with van der Waals surface area (Å²) >= 11 is 0. The maximum Gasteiger partial charge on any atom is 0.0200 e. The Morgan fingerprint density at radius 2 is 2.12 bits per heavy atom. The van der Waals surface area contributed by atoms with E-state index in [0.717, 1.165) is 12.3 Å². The molecule has 0 spiro atoms. The lowest BCUT2D eigenvalue weighted by atomic mass is 9.89. The zero-order valence-electron chi connectivity index (χ0n) is 5.57. The summed E-state index contributed by atoms with van der Waals surface area (Å²) in [6.45, 7) is 4.48. The van der Waals surface area contributed by atoms with E-state index in [-0.39, 0.29) is 0 Å². The van der Waals surface area contributed by atoms with Gasteiger partial charge in [0.1, 0.15) is 0 Å². The van der Waals surface area contributed by atoms with E-state index in [1.165, 1.54) is 6.42 Å². The van der Waals surface area contributed by atoms with Crippen LogP contribution in [0.1, 0.15) is 26.7 Å². The molecule has 0 fully saturated rings. The van der Waals surface area contributed by atoms with Crippen LogP contribution in [0.4, 0.5) is 0 Å². The van der Waals surface area contributed by atoms with Crippen LogP contribution in [0.3, 0.4) is 0 Å². The summed E-state index contributed by atoms with van der Waals surface area (Å²) in [4.78, 5) is 0. The fourth-order valence-corrected chi connectivity index (χ4v) is 0.925. The van der Waals surface area contributed by atoms with E-state index in [0.29, 0.717) is 5.92 Å². The van der Waals surface area contributed by atoms with Crippen molar-refractivity contribution in [1.82, 2.24) is 0 Å². The highest BCUT2D eigenvalue weighted by molar-refractivity contribution is 5.07. The minimum absolute atomic E-state index is 0.642. The molecule has 0 aliphatic heterocycles. The predicted octanol–water partition coefficient (Wildman–Crippen LogP) is 2.06. The van der Waals surface area contributed by atoms with Gasteiger partial charge in [0.15, 0.2) is 0 Å². The summed E-state index contributed by atoms with van der Waals surface area (Å²) in [5, 5.41) is 0. The molecule has 2 unspecified atom stereocenters. The zero-order chi connectivity index (χ0) is 5.98. The van der Waals surface area contributed by atoms with Crippen molar-refractivity contribution in [2.45, 2.75) is 26.7 Å². The number of hydrogen-bond acceptors (Lipinski definition) is 0. The Bertz CT molecular complexity index is 125. The third-order valence-corrected chi connectivity index (χ3v) is 1.91. The molecule has 0 saturated heterocycles. The molecule has 1 aliphatic carbocycles. The normalized spacial score (nSPS) is 35.8. The molecule has 1 rings (SSSR count). The van der Waals surface area contributed by atoms with E-state index >= 15 is 0 Å². The first-order valence-electron chi connectivity index (χ1n) is 3.29. The second-order valence-corrected chi connectivity index (χ2v) is 2.63. The summed E-state index contributed by atoms with van der Waals surface area (Å²) in [5.41, 5.74) is 0. The molecule has 0 radical (unpaired) electrons. The van der Waals surface area contributed by atoms with Crippen molar-refractivity contribution < 1.29 is 0 Å². The minimum Gasteiger partial charge on any atom is -0.103 e. The minimum atomic E-state index is 0.642. The van der Waals surface area contributed by atoms with Crippen LogP contribution in [-0.2, 0) is 0 Å². The molecule has 0 heteroatoms. The van der Waals surface area contributed by atoms with Crippen LogP contribution in [0.5, 0.6) is 0 Å². The highest BCUT2D eigenvalue weighted by Gasteiger charge is 2.10. The lowest BCUT2D eigenvalue weighted by Crippen LogP contribution is -2.08. The van der Waals surface area contributed by atoms with E-state index < -0.39 is 0 Å². The van der Waals surface area contributed by atoms with Gasteiger partial charge in [-0.3, -0.25) is 0 Å². The van der Waals surface area contributed by atoms with Crippen molar-refractivity contribution in [3.8, 4) is 11.8 Å². The average molecular weight is 108 g/mol. The highest BCUT2D eigenvalue weighted by atomic mass is 14.1. The Morgan fingerprint density at radius 1 is 1.38 bits per heavy atom. The second kappa shape index (κ2) is 2.22. The predicted molar refractivity (Wildman–Crippen MR) is 35.3 cm³/mol. The lowest BCUT2D eigenvalue weighted by Gasteiger charge is -2.15. The Kier molecular flexibility index (Phi) is 1.58. The molecule has 44 valence electrons. The molecule has 0 aromatic carbocycles. The summed E-state index contributed by atoms with van der Waals surface area (Å²) in [7, 11) is 0. The molecule has 0 aromatic rings. The first kappa shape index (κ1) is 5.69. The van der Waals surface area contributed by atoms with Gasteiger partial charge in [-0.1, -0.05) is 19.8 Å². The fourth-order valence-electron chi connectivity index (χ4n) is 0.925. The second-order valence-electron chi connectivity index (χ2n) is 2.63. The summed E-state index contributed by atoms with van der Waals surface area (Å²) < 4.78 is 0. The van der Waals surface area contributed by atoms with Crippen molar-refractivity contribution >= 4 is 0 Å². The fraction of sp³-hybridized carbons (Fsp3) is 0.750. The van der Waals surface area contributed by atoms with Gasteiger partial charge in [0, 0.05) is 12.3 Å². The maximum absolute atomic E-state index is 3.18. The molecule has 2 atom stereocenters. The van der Waals surface area contributed by atoms with E-state index in [1.807, 2.05) is 0 Å². The van der Waals surface area contributed by atoms with Crippen LogP contribution >= 0.6 is 0 Å². The zero-order valence-corrected chi connectivity index (χ0v) is 5.57. The first-order valence-corrected chi connectivity index (χ1v) is 3.29. The molecule has 0 heterocycles. The maximum atomic E-state index is 3.18. The topological polar surface area (TPSA) is 0 Å². The smallest absolute Gasteiger partial charge is 0.0200 e. The Balaban J connectivity index is 2.55. The quantitative estimate of drug-likeness (QED) is 0.417. The molecule has 0 saturated carbocycles. The van der Waals surface area contributed by atoms with Gasteiger partial charge in [0.2, 0.25) is 0 Å². The Morgan fingerprint density at radius 3 is 2.50 bits per heavy atom. The molecule has 0 nitrogen and oxygen atoms in total. The SMILES string of the molecule is CC1C#CCCC1C. The van der Waals surface area contributed by atoms with Gasteiger partial charge in [0.05, 0.1) is 0 Å². The molecule has 8 heavy (non-hydrogen) atoms. The monoisotopic (exact) mass is 108 g/mol. The van der Waals surface area contributed by atoms with Crippen LogP contribution in [0.2, 0.25) is 0 Å². The van der Waals surface area contributed by atoms with Crippen molar-refractivity contribution in [2.75, 3.05) is 0 Å². The van der Waals surface area contributed by atoms with E-state index in [9.17, 15) is 0 Å². The number of rotatable bonds is 0. The van der Waals surface area contributed by atoms with Gasteiger partial charge in [-0.15, -0.1) is 5.92 Å². The van der Waals surface area contributed by atoms with Gasteiger partial charge >= 0.3 is 0 Å². The van der Waals surface area contributed by atoms with Crippen molar-refractivity contribution in [3.63, 3.8) is 0 Å². The largest absolute Gasteiger partial charge is 0.103 e. The van der Waals surface area contributed by atoms with E-state index in [4.69, 9.17) is 0 Å². The van der Waals surface area contributed by atoms with E-state index in [2.05, 4.69) is 25.7 Å². The van der Waals surface area contributed by atoms with Crippen molar-refractivity contribution in [2.24, 2.45) is 11.8 Å². The Hall–Kier alpha value is -0.440. The van der Waals surface area contributed by atoms with Gasteiger partial charge in [-0.25, -0.2) is 0 Å².